The maximum absolute atomic E-state index is 12.1. The van der Waals surface area contributed by atoms with Crippen LogP contribution in [0.5, 0.6) is 5.88 Å². The van der Waals surface area contributed by atoms with Gasteiger partial charge in [-0.2, -0.15) is 13.9 Å². The highest BCUT2D eigenvalue weighted by molar-refractivity contribution is 5.71. The zero-order valence-corrected chi connectivity index (χ0v) is 12.6. The van der Waals surface area contributed by atoms with Crippen molar-refractivity contribution in [1.82, 2.24) is 29.9 Å². The maximum Gasteiger partial charge on any atom is 0.388 e. The van der Waals surface area contributed by atoms with E-state index < -0.39 is 6.61 Å². The average Bonchev–Trinajstić information content (AvgIpc) is 3.14. The van der Waals surface area contributed by atoms with Gasteiger partial charge in [0, 0.05) is 19.2 Å². The molecular weight excluding hydrogens is 324 g/mol. The summed E-state index contributed by atoms with van der Waals surface area (Å²) in [6.07, 6.45) is 3.07. The zero-order valence-electron chi connectivity index (χ0n) is 12.6. The van der Waals surface area contributed by atoms with Crippen molar-refractivity contribution in [3.8, 4) is 5.88 Å². The Morgan fingerprint density at radius 1 is 1.42 bits per heavy atom. The fourth-order valence-corrected chi connectivity index (χ4v) is 2.05. The molecule has 0 aliphatic carbocycles. The number of fused-ring (bicyclic) bond motifs is 1. The number of H-pyrrole nitrogens is 1. The summed E-state index contributed by atoms with van der Waals surface area (Å²) in [5.74, 6) is 0.499. The van der Waals surface area contributed by atoms with Gasteiger partial charge in [0.2, 0.25) is 5.88 Å². The number of hydrogen-bond acceptors (Lipinski definition) is 7. The lowest BCUT2D eigenvalue weighted by atomic mass is 10.2. The second kappa shape index (κ2) is 6.74. The lowest BCUT2D eigenvalue weighted by Gasteiger charge is -2.08. The summed E-state index contributed by atoms with van der Waals surface area (Å²) in [5.41, 5.74) is 1.15. The second-order valence-electron chi connectivity index (χ2n) is 5.20. The molecule has 24 heavy (non-hydrogen) atoms. The average molecular weight is 339 g/mol. The minimum Gasteiger partial charge on any atom is -0.415 e. The van der Waals surface area contributed by atoms with E-state index in [2.05, 4.69) is 35.3 Å². The van der Waals surface area contributed by atoms with Crippen molar-refractivity contribution in [3.63, 3.8) is 0 Å². The van der Waals surface area contributed by atoms with Crippen molar-refractivity contribution < 1.29 is 18.6 Å². The molecule has 0 spiro atoms. The molecule has 1 atom stereocenters. The Labute approximate surface area is 134 Å². The van der Waals surface area contributed by atoms with Crippen LogP contribution in [0.4, 0.5) is 20.4 Å². The topological polar surface area (TPSA) is 114 Å². The van der Waals surface area contributed by atoms with Crippen LogP contribution >= 0.6 is 0 Å². The third-order valence-electron chi connectivity index (χ3n) is 3.17. The quantitative estimate of drug-likeness (QED) is 0.598. The van der Waals surface area contributed by atoms with E-state index in [9.17, 15) is 8.78 Å². The summed E-state index contributed by atoms with van der Waals surface area (Å²) < 4.78 is 30.1. The molecular formula is C13H15F2N7O2. The van der Waals surface area contributed by atoms with E-state index in [-0.39, 0.29) is 18.4 Å². The number of nitrogens with zero attached hydrogens (tertiary/aromatic N) is 5. The van der Waals surface area contributed by atoms with Crippen molar-refractivity contribution in [2.45, 2.75) is 20.1 Å². The molecule has 0 aliphatic rings. The molecule has 0 saturated carbocycles. The largest absolute Gasteiger partial charge is 0.415 e. The fraction of sp³-hybridized carbons (Fsp3) is 0.385. The van der Waals surface area contributed by atoms with Crippen LogP contribution in [-0.4, -0.2) is 48.3 Å². The van der Waals surface area contributed by atoms with Crippen LogP contribution in [-0.2, 0) is 6.54 Å². The van der Waals surface area contributed by atoms with Crippen molar-refractivity contribution in [1.29, 1.82) is 0 Å². The molecule has 0 saturated heterocycles. The molecule has 3 aromatic rings. The minimum absolute atomic E-state index is 0.0215. The van der Waals surface area contributed by atoms with Gasteiger partial charge in [0.05, 0.1) is 12.4 Å². The normalized spacial score (nSPS) is 12.7. The van der Waals surface area contributed by atoms with Gasteiger partial charge in [0.15, 0.2) is 11.5 Å². The molecule has 0 aliphatic heterocycles. The van der Waals surface area contributed by atoms with Gasteiger partial charge in [0.25, 0.3) is 0 Å². The van der Waals surface area contributed by atoms with E-state index in [0.29, 0.717) is 29.3 Å². The number of aromatic nitrogens is 6. The van der Waals surface area contributed by atoms with Gasteiger partial charge in [-0.25, -0.2) is 14.6 Å². The van der Waals surface area contributed by atoms with E-state index in [1.54, 1.807) is 10.9 Å². The van der Waals surface area contributed by atoms with Crippen LogP contribution < -0.4 is 10.1 Å². The van der Waals surface area contributed by atoms with Gasteiger partial charge < -0.3 is 15.2 Å². The highest BCUT2D eigenvalue weighted by Crippen LogP contribution is 2.19. The van der Waals surface area contributed by atoms with E-state index in [1.807, 2.05) is 6.92 Å². The number of alkyl halides is 2. The summed E-state index contributed by atoms with van der Waals surface area (Å²) in [5, 5.41) is 22.3. The molecule has 3 heterocycles. The maximum atomic E-state index is 12.1. The van der Waals surface area contributed by atoms with Gasteiger partial charge >= 0.3 is 6.61 Å². The van der Waals surface area contributed by atoms with Crippen molar-refractivity contribution in [3.05, 3.63) is 18.5 Å². The molecule has 3 rings (SSSR count). The summed E-state index contributed by atoms with van der Waals surface area (Å²) in [7, 11) is 0. The molecule has 0 aromatic carbocycles. The van der Waals surface area contributed by atoms with E-state index in [0.717, 1.165) is 0 Å². The first kappa shape index (κ1) is 16.1. The number of rotatable bonds is 7. The van der Waals surface area contributed by atoms with Gasteiger partial charge in [-0.05, 0) is 5.92 Å². The SMILES string of the molecule is C[C@@H](CO)Cn1ncc2ncc(Nc3cc(OC(F)F)n[nH]3)nc21. The number of halogens is 2. The summed E-state index contributed by atoms with van der Waals surface area (Å²) in [6.45, 7) is -0.527. The number of ether oxygens (including phenoxy) is 1. The molecule has 0 unspecified atom stereocenters. The van der Waals surface area contributed by atoms with Crippen LogP contribution in [0.1, 0.15) is 6.92 Å². The van der Waals surface area contributed by atoms with Crippen LogP contribution in [0, 0.1) is 5.92 Å². The molecule has 0 radical (unpaired) electrons. The summed E-state index contributed by atoms with van der Waals surface area (Å²) >= 11 is 0. The predicted molar refractivity (Wildman–Crippen MR) is 80.1 cm³/mol. The predicted octanol–water partition coefficient (Wildman–Crippen LogP) is 1.52. The minimum atomic E-state index is -2.94. The number of anilines is 2. The lowest BCUT2D eigenvalue weighted by Crippen LogP contribution is -2.12. The summed E-state index contributed by atoms with van der Waals surface area (Å²) in [6, 6.07) is 1.28. The third-order valence-corrected chi connectivity index (χ3v) is 3.17. The van der Waals surface area contributed by atoms with Crippen molar-refractivity contribution in [2.24, 2.45) is 5.92 Å². The van der Waals surface area contributed by atoms with Gasteiger partial charge in [-0.15, -0.1) is 5.10 Å². The number of aromatic amines is 1. The molecule has 0 amide bonds. The van der Waals surface area contributed by atoms with Gasteiger partial charge in [0.1, 0.15) is 11.3 Å². The first-order valence-corrected chi connectivity index (χ1v) is 7.12. The second-order valence-corrected chi connectivity index (χ2v) is 5.20. The highest BCUT2D eigenvalue weighted by Gasteiger charge is 2.12. The van der Waals surface area contributed by atoms with E-state index >= 15 is 0 Å². The number of nitrogens with one attached hydrogen (secondary N) is 2. The number of hydrogen-bond donors (Lipinski definition) is 3. The standard InChI is InChI=1S/C13H15F2N7O2/c1-7(6-23)5-22-12-8(3-17-22)16-4-10(19-12)18-9-2-11(21-20-9)24-13(14)15/h2-4,7,13,23H,5-6H2,1H3,(H2,18,19,20,21)/t7-/m1/s1. The molecule has 0 fully saturated rings. The zero-order chi connectivity index (χ0) is 17.1. The fourth-order valence-electron chi connectivity index (χ4n) is 2.05. The Morgan fingerprint density at radius 3 is 3.00 bits per heavy atom. The molecule has 3 N–H and O–H groups in total. The Balaban J connectivity index is 1.79. The Kier molecular flexibility index (Phi) is 4.51. The van der Waals surface area contributed by atoms with Crippen molar-refractivity contribution >= 4 is 22.8 Å². The van der Waals surface area contributed by atoms with Gasteiger partial charge in [-0.1, -0.05) is 6.92 Å². The van der Waals surface area contributed by atoms with Crippen LogP contribution in [0.15, 0.2) is 18.5 Å². The number of aliphatic hydroxyl groups is 1. The molecule has 11 heteroatoms. The molecule has 3 aromatic heterocycles. The van der Waals surface area contributed by atoms with E-state index in [4.69, 9.17) is 5.11 Å². The third kappa shape index (κ3) is 3.56. The Hall–Kier alpha value is -2.82. The monoisotopic (exact) mass is 339 g/mol. The molecule has 128 valence electrons. The van der Waals surface area contributed by atoms with Gasteiger partial charge in [-0.3, -0.25) is 5.10 Å². The highest BCUT2D eigenvalue weighted by atomic mass is 19.3. The Morgan fingerprint density at radius 2 is 2.25 bits per heavy atom. The molecule has 0 bridgehead atoms. The van der Waals surface area contributed by atoms with Crippen LogP contribution in [0.2, 0.25) is 0 Å². The van der Waals surface area contributed by atoms with Crippen molar-refractivity contribution in [2.75, 3.05) is 11.9 Å². The number of aliphatic hydroxyl groups excluding tert-OH is 1. The first-order chi connectivity index (χ1) is 11.5. The van der Waals surface area contributed by atoms with E-state index in [1.165, 1.54) is 12.3 Å². The first-order valence-electron chi connectivity index (χ1n) is 7.12. The molecule has 9 nitrogen and oxygen atoms in total. The van der Waals surface area contributed by atoms with Crippen LogP contribution in [0.3, 0.4) is 0 Å². The summed E-state index contributed by atoms with van der Waals surface area (Å²) in [4.78, 5) is 8.63. The van der Waals surface area contributed by atoms with Crippen LogP contribution in [0.25, 0.3) is 11.2 Å². The lowest BCUT2D eigenvalue weighted by molar-refractivity contribution is -0.0528. The smallest absolute Gasteiger partial charge is 0.388 e. The Bertz CT molecular complexity index is 820.